The summed E-state index contributed by atoms with van der Waals surface area (Å²) in [4.78, 5) is 24.9. The van der Waals surface area contributed by atoms with Gasteiger partial charge in [-0.25, -0.2) is 8.78 Å². The molecule has 2 N–H and O–H groups in total. The summed E-state index contributed by atoms with van der Waals surface area (Å²) in [5.74, 6) is -1.70. The van der Waals surface area contributed by atoms with Crippen molar-refractivity contribution < 1.29 is 18.4 Å². The Balaban J connectivity index is 1.50. The highest BCUT2D eigenvalue weighted by atomic mass is 19.1. The van der Waals surface area contributed by atoms with E-state index in [1.807, 2.05) is 38.1 Å². The SMILES string of the molecule is Cc1cc(-c2ccc(NC(=O)c3cccc(F)c3)c(C)c2)ccc1NC(=O)c1cccc(F)c1. The van der Waals surface area contributed by atoms with Gasteiger partial charge in [-0.2, -0.15) is 0 Å². The molecule has 0 aliphatic carbocycles. The summed E-state index contributed by atoms with van der Waals surface area (Å²) in [5.41, 5.74) is 5.33. The molecule has 0 unspecified atom stereocenters. The van der Waals surface area contributed by atoms with Crippen molar-refractivity contribution in [3.63, 3.8) is 0 Å². The van der Waals surface area contributed by atoms with Gasteiger partial charge in [0.15, 0.2) is 0 Å². The fourth-order valence-corrected chi connectivity index (χ4v) is 3.62. The van der Waals surface area contributed by atoms with E-state index in [0.717, 1.165) is 22.3 Å². The van der Waals surface area contributed by atoms with Crippen LogP contribution in [0.3, 0.4) is 0 Å². The maximum Gasteiger partial charge on any atom is 0.255 e. The molecular formula is C28H22F2N2O2. The van der Waals surface area contributed by atoms with Crippen molar-refractivity contribution in [1.29, 1.82) is 0 Å². The molecule has 4 rings (SSSR count). The number of carbonyl (C=O) groups is 2. The summed E-state index contributed by atoms with van der Waals surface area (Å²) < 4.78 is 26.8. The summed E-state index contributed by atoms with van der Waals surface area (Å²) in [7, 11) is 0. The molecule has 4 nitrogen and oxygen atoms in total. The normalized spacial score (nSPS) is 10.6. The lowest BCUT2D eigenvalue weighted by atomic mass is 9.99. The molecule has 0 spiro atoms. The zero-order valence-electron chi connectivity index (χ0n) is 18.7. The summed E-state index contributed by atoms with van der Waals surface area (Å²) >= 11 is 0. The van der Waals surface area contributed by atoms with E-state index < -0.39 is 11.6 Å². The summed E-state index contributed by atoms with van der Waals surface area (Å²) in [6.07, 6.45) is 0. The lowest BCUT2D eigenvalue weighted by Crippen LogP contribution is -2.13. The molecule has 0 saturated carbocycles. The quantitative estimate of drug-likeness (QED) is 0.349. The smallest absolute Gasteiger partial charge is 0.255 e. The second-order valence-electron chi connectivity index (χ2n) is 7.99. The Morgan fingerprint density at radius 1 is 0.588 bits per heavy atom. The van der Waals surface area contributed by atoms with Gasteiger partial charge in [-0.05, 0) is 96.8 Å². The highest BCUT2D eigenvalue weighted by molar-refractivity contribution is 6.05. The van der Waals surface area contributed by atoms with E-state index in [4.69, 9.17) is 0 Å². The molecule has 0 aromatic heterocycles. The van der Waals surface area contributed by atoms with Crippen LogP contribution in [0.15, 0.2) is 84.9 Å². The van der Waals surface area contributed by atoms with Crippen LogP contribution in [0.5, 0.6) is 0 Å². The van der Waals surface area contributed by atoms with Gasteiger partial charge < -0.3 is 10.6 Å². The van der Waals surface area contributed by atoms with E-state index in [2.05, 4.69) is 10.6 Å². The lowest BCUT2D eigenvalue weighted by Gasteiger charge is -2.13. The predicted molar refractivity (Wildman–Crippen MR) is 130 cm³/mol. The van der Waals surface area contributed by atoms with Crippen LogP contribution < -0.4 is 10.6 Å². The maximum absolute atomic E-state index is 13.4. The van der Waals surface area contributed by atoms with Gasteiger partial charge in [0.05, 0.1) is 0 Å². The molecule has 0 aliphatic heterocycles. The average Bonchev–Trinajstić information content (AvgIpc) is 2.81. The topological polar surface area (TPSA) is 58.2 Å². The molecular weight excluding hydrogens is 434 g/mol. The van der Waals surface area contributed by atoms with Crippen LogP contribution in [-0.2, 0) is 0 Å². The molecule has 0 heterocycles. The molecule has 0 aliphatic rings. The molecule has 170 valence electrons. The molecule has 6 heteroatoms. The molecule has 34 heavy (non-hydrogen) atoms. The molecule has 2 amide bonds. The highest BCUT2D eigenvalue weighted by Gasteiger charge is 2.12. The largest absolute Gasteiger partial charge is 0.322 e. The second-order valence-corrected chi connectivity index (χ2v) is 7.99. The van der Waals surface area contributed by atoms with E-state index in [1.165, 1.54) is 36.4 Å². The van der Waals surface area contributed by atoms with E-state index in [0.29, 0.717) is 11.4 Å². The Bertz CT molecular complexity index is 1290. The van der Waals surface area contributed by atoms with Gasteiger partial charge >= 0.3 is 0 Å². The fraction of sp³-hybridized carbons (Fsp3) is 0.0714. The molecule has 0 fully saturated rings. The van der Waals surface area contributed by atoms with Gasteiger partial charge in [0.25, 0.3) is 11.8 Å². The van der Waals surface area contributed by atoms with Gasteiger partial charge in [0.2, 0.25) is 0 Å². The van der Waals surface area contributed by atoms with E-state index in [9.17, 15) is 18.4 Å². The van der Waals surface area contributed by atoms with Gasteiger partial charge in [-0.15, -0.1) is 0 Å². The van der Waals surface area contributed by atoms with Crippen molar-refractivity contribution in [3.05, 3.63) is 119 Å². The van der Waals surface area contributed by atoms with E-state index >= 15 is 0 Å². The summed E-state index contributed by atoms with van der Waals surface area (Å²) in [5, 5.41) is 5.63. The van der Waals surface area contributed by atoms with Crippen LogP contribution in [-0.4, -0.2) is 11.8 Å². The lowest BCUT2D eigenvalue weighted by molar-refractivity contribution is 0.101. The predicted octanol–water partition coefficient (Wildman–Crippen LogP) is 6.75. The first kappa shape index (κ1) is 22.9. The first-order valence-electron chi connectivity index (χ1n) is 10.7. The molecule has 4 aromatic rings. The van der Waals surface area contributed by atoms with Crippen LogP contribution in [0.25, 0.3) is 11.1 Å². The number of amides is 2. The van der Waals surface area contributed by atoms with Gasteiger partial charge in [0, 0.05) is 22.5 Å². The molecule has 0 saturated heterocycles. The summed E-state index contributed by atoms with van der Waals surface area (Å²) in [6, 6.07) is 22.3. The van der Waals surface area contributed by atoms with E-state index in [1.54, 1.807) is 24.3 Å². The number of anilines is 2. The second kappa shape index (κ2) is 9.67. The van der Waals surface area contributed by atoms with Crippen molar-refractivity contribution in [2.75, 3.05) is 10.6 Å². The minimum Gasteiger partial charge on any atom is -0.322 e. The van der Waals surface area contributed by atoms with Crippen molar-refractivity contribution in [2.24, 2.45) is 0 Å². The maximum atomic E-state index is 13.4. The molecule has 0 atom stereocenters. The van der Waals surface area contributed by atoms with Crippen LogP contribution in [0.1, 0.15) is 31.8 Å². The molecule has 0 radical (unpaired) electrons. The first-order chi connectivity index (χ1) is 16.3. The third kappa shape index (κ3) is 5.18. The average molecular weight is 456 g/mol. The van der Waals surface area contributed by atoms with Crippen LogP contribution in [0, 0.1) is 25.5 Å². The number of aryl methyl sites for hydroxylation is 2. The van der Waals surface area contributed by atoms with Crippen molar-refractivity contribution in [1.82, 2.24) is 0 Å². The van der Waals surface area contributed by atoms with Gasteiger partial charge in [-0.3, -0.25) is 9.59 Å². The number of hydrogen-bond acceptors (Lipinski definition) is 2. The number of halogens is 2. The van der Waals surface area contributed by atoms with Crippen molar-refractivity contribution >= 4 is 23.2 Å². The Hall–Kier alpha value is -4.32. The minimum atomic E-state index is -0.467. The van der Waals surface area contributed by atoms with Crippen LogP contribution in [0.2, 0.25) is 0 Å². The highest BCUT2D eigenvalue weighted by Crippen LogP contribution is 2.28. The fourth-order valence-electron chi connectivity index (χ4n) is 3.62. The third-order valence-electron chi connectivity index (χ3n) is 5.46. The molecule has 0 bridgehead atoms. The summed E-state index contributed by atoms with van der Waals surface area (Å²) in [6.45, 7) is 3.76. The number of rotatable bonds is 5. The monoisotopic (exact) mass is 456 g/mol. The Kier molecular flexibility index (Phi) is 6.50. The Morgan fingerprint density at radius 2 is 1.00 bits per heavy atom. The van der Waals surface area contributed by atoms with Crippen molar-refractivity contribution in [2.45, 2.75) is 13.8 Å². The van der Waals surface area contributed by atoms with E-state index in [-0.39, 0.29) is 22.9 Å². The van der Waals surface area contributed by atoms with Gasteiger partial charge in [-0.1, -0.05) is 24.3 Å². The zero-order chi connectivity index (χ0) is 24.2. The number of hydrogen-bond donors (Lipinski definition) is 2. The third-order valence-corrected chi connectivity index (χ3v) is 5.46. The van der Waals surface area contributed by atoms with Gasteiger partial charge in [0.1, 0.15) is 11.6 Å². The number of nitrogens with one attached hydrogen (secondary N) is 2. The Labute approximate surface area is 196 Å². The molecule has 4 aromatic carbocycles. The minimum absolute atomic E-state index is 0.245. The first-order valence-corrected chi connectivity index (χ1v) is 10.7. The standard InChI is InChI=1S/C28H22F2N2O2/c1-17-13-19(9-11-25(17)31-27(33)21-5-3-7-23(29)15-21)20-10-12-26(18(2)14-20)32-28(34)22-6-4-8-24(30)16-22/h3-16H,1-2H3,(H,31,33)(H,32,34). The zero-order valence-corrected chi connectivity index (χ0v) is 18.7. The van der Waals surface area contributed by atoms with Crippen LogP contribution >= 0.6 is 0 Å². The number of carbonyl (C=O) groups excluding carboxylic acids is 2. The van der Waals surface area contributed by atoms with Crippen LogP contribution in [0.4, 0.5) is 20.2 Å². The Morgan fingerprint density at radius 3 is 1.35 bits per heavy atom. The number of benzene rings is 4. The van der Waals surface area contributed by atoms with Crippen molar-refractivity contribution in [3.8, 4) is 11.1 Å².